The smallest absolute Gasteiger partial charge is 0.447 e. The first-order chi connectivity index (χ1) is 14.0. The first-order valence-electron chi connectivity index (χ1n) is 9.36. The van der Waals surface area contributed by atoms with E-state index in [2.05, 4.69) is 5.10 Å². The van der Waals surface area contributed by atoms with Gasteiger partial charge in [-0.1, -0.05) is 12.1 Å². The summed E-state index contributed by atoms with van der Waals surface area (Å²) in [7, 11) is 0. The van der Waals surface area contributed by atoms with Gasteiger partial charge < -0.3 is 18.9 Å². The number of hydrogen-bond acceptors (Lipinski definition) is 6. The molecule has 7 nitrogen and oxygen atoms in total. The van der Waals surface area contributed by atoms with E-state index in [-0.39, 0.29) is 19.0 Å². The molecule has 1 aliphatic rings. The number of halogens is 3. The highest BCUT2D eigenvalue weighted by atomic mass is 19.4. The van der Waals surface area contributed by atoms with Gasteiger partial charge in [-0.15, -0.1) is 0 Å². The summed E-state index contributed by atoms with van der Waals surface area (Å²) < 4.78 is 62.4. The molecule has 0 N–H and O–H groups in total. The second-order valence-corrected chi connectivity index (χ2v) is 7.48. The second kappa shape index (κ2) is 8.27. The maximum absolute atomic E-state index is 13.5. The lowest BCUT2D eigenvalue weighted by Crippen LogP contribution is -2.52. The standard InChI is InChI=1S/C20H23F3N2O5/c1-4-27-17(26)15-9-24-25(11-15)10-14-5-7-16(8-6-14)28-13-19(20(21,22)23)29-12-18(2,3)30-19/h5-9,11H,4,10,12-13H2,1-3H3. The van der Waals surface area contributed by atoms with Gasteiger partial charge in [-0.2, -0.15) is 18.3 Å². The number of esters is 1. The molecule has 1 aromatic heterocycles. The van der Waals surface area contributed by atoms with Crippen LogP contribution in [-0.2, 0) is 20.8 Å². The zero-order valence-electron chi connectivity index (χ0n) is 16.9. The van der Waals surface area contributed by atoms with Crippen LogP contribution in [0.3, 0.4) is 0 Å². The molecular formula is C20H23F3N2O5. The molecule has 1 aromatic carbocycles. The Balaban J connectivity index is 1.61. The monoisotopic (exact) mass is 428 g/mol. The van der Waals surface area contributed by atoms with E-state index in [1.54, 1.807) is 42.1 Å². The van der Waals surface area contributed by atoms with E-state index in [4.69, 9.17) is 18.9 Å². The van der Waals surface area contributed by atoms with Crippen molar-refractivity contribution in [1.82, 2.24) is 9.78 Å². The van der Waals surface area contributed by atoms with Crippen molar-refractivity contribution >= 4 is 5.97 Å². The summed E-state index contributed by atoms with van der Waals surface area (Å²) in [4.78, 5) is 11.7. The lowest BCUT2D eigenvalue weighted by Gasteiger charge is -2.31. The van der Waals surface area contributed by atoms with Crippen LogP contribution in [0.15, 0.2) is 36.7 Å². The summed E-state index contributed by atoms with van der Waals surface area (Å²) in [6, 6.07) is 6.49. The maximum atomic E-state index is 13.5. The van der Waals surface area contributed by atoms with Gasteiger partial charge in [-0.3, -0.25) is 4.68 Å². The van der Waals surface area contributed by atoms with Crippen molar-refractivity contribution in [2.45, 2.75) is 44.9 Å². The van der Waals surface area contributed by atoms with Crippen molar-refractivity contribution in [3.63, 3.8) is 0 Å². The van der Waals surface area contributed by atoms with E-state index in [1.165, 1.54) is 20.0 Å². The Morgan fingerprint density at radius 1 is 1.27 bits per heavy atom. The van der Waals surface area contributed by atoms with Gasteiger partial charge in [0, 0.05) is 6.20 Å². The van der Waals surface area contributed by atoms with Gasteiger partial charge in [0.05, 0.1) is 37.1 Å². The van der Waals surface area contributed by atoms with Crippen molar-refractivity contribution in [3.05, 3.63) is 47.8 Å². The molecule has 1 aliphatic heterocycles. The van der Waals surface area contributed by atoms with Crippen molar-refractivity contribution in [1.29, 1.82) is 0 Å². The molecule has 0 bridgehead atoms. The van der Waals surface area contributed by atoms with Crippen molar-refractivity contribution < 1.29 is 36.9 Å². The highest BCUT2D eigenvalue weighted by Gasteiger charge is 2.64. The van der Waals surface area contributed by atoms with Crippen LogP contribution in [0.1, 0.15) is 36.7 Å². The fourth-order valence-electron chi connectivity index (χ4n) is 2.91. The van der Waals surface area contributed by atoms with Crippen LogP contribution in [0, 0.1) is 0 Å². The third-order valence-corrected chi connectivity index (χ3v) is 4.37. The van der Waals surface area contributed by atoms with Gasteiger partial charge in [0.25, 0.3) is 0 Å². The number of carbonyl (C=O) groups excluding carboxylic acids is 1. The average molecular weight is 428 g/mol. The molecule has 2 heterocycles. The Hall–Kier alpha value is -2.59. The van der Waals surface area contributed by atoms with Crippen LogP contribution in [-0.4, -0.2) is 53.1 Å². The van der Waals surface area contributed by atoms with Gasteiger partial charge in [0.15, 0.2) is 6.61 Å². The van der Waals surface area contributed by atoms with E-state index in [9.17, 15) is 18.0 Å². The first-order valence-corrected chi connectivity index (χ1v) is 9.36. The molecule has 0 amide bonds. The molecule has 3 rings (SSSR count). The summed E-state index contributed by atoms with van der Waals surface area (Å²) in [5, 5.41) is 4.10. The zero-order valence-corrected chi connectivity index (χ0v) is 16.9. The molecule has 164 valence electrons. The summed E-state index contributed by atoms with van der Waals surface area (Å²) in [5.74, 6) is -3.01. The molecule has 1 saturated heterocycles. The topological polar surface area (TPSA) is 71.8 Å². The third-order valence-electron chi connectivity index (χ3n) is 4.37. The number of alkyl halides is 3. The van der Waals surface area contributed by atoms with Crippen molar-refractivity contribution in [2.24, 2.45) is 0 Å². The summed E-state index contributed by atoms with van der Waals surface area (Å²) in [5.41, 5.74) is 0.101. The number of aromatic nitrogens is 2. The number of benzene rings is 1. The molecular weight excluding hydrogens is 405 g/mol. The summed E-state index contributed by atoms with van der Waals surface area (Å²) in [6.45, 7) is 4.40. The molecule has 1 fully saturated rings. The quantitative estimate of drug-likeness (QED) is 0.628. The number of rotatable bonds is 7. The lowest BCUT2D eigenvalue weighted by atomic mass is 10.2. The predicted octanol–water partition coefficient (Wildman–Crippen LogP) is 3.57. The van der Waals surface area contributed by atoms with E-state index in [0.29, 0.717) is 12.1 Å². The Morgan fingerprint density at radius 2 is 1.97 bits per heavy atom. The summed E-state index contributed by atoms with van der Waals surface area (Å²) in [6.07, 6.45) is -1.77. The fraction of sp³-hybridized carbons (Fsp3) is 0.500. The second-order valence-electron chi connectivity index (χ2n) is 7.48. The van der Waals surface area contributed by atoms with Crippen LogP contribution >= 0.6 is 0 Å². The van der Waals surface area contributed by atoms with Gasteiger partial charge in [-0.25, -0.2) is 4.79 Å². The van der Waals surface area contributed by atoms with Gasteiger partial charge in [-0.05, 0) is 38.5 Å². The number of hydrogen-bond donors (Lipinski definition) is 0. The van der Waals surface area contributed by atoms with E-state index in [1.807, 2.05) is 0 Å². The number of nitrogens with zero attached hydrogens (tertiary/aromatic N) is 2. The molecule has 0 aliphatic carbocycles. The number of ether oxygens (including phenoxy) is 4. The summed E-state index contributed by atoms with van der Waals surface area (Å²) >= 11 is 0. The average Bonchev–Trinajstić information content (AvgIpc) is 3.26. The highest BCUT2D eigenvalue weighted by Crippen LogP contribution is 2.43. The minimum Gasteiger partial charge on any atom is -0.488 e. The van der Waals surface area contributed by atoms with Gasteiger partial charge in [0.1, 0.15) is 5.75 Å². The Kier molecular flexibility index (Phi) is 6.09. The van der Waals surface area contributed by atoms with Crippen LogP contribution < -0.4 is 4.74 Å². The van der Waals surface area contributed by atoms with E-state index >= 15 is 0 Å². The van der Waals surface area contributed by atoms with Gasteiger partial charge in [0.2, 0.25) is 0 Å². The Bertz CT molecular complexity index is 879. The Labute approximate surface area is 171 Å². The predicted molar refractivity (Wildman–Crippen MR) is 99.1 cm³/mol. The number of carbonyl (C=O) groups is 1. The van der Waals surface area contributed by atoms with Crippen molar-refractivity contribution in [3.8, 4) is 5.75 Å². The zero-order chi connectivity index (χ0) is 22.0. The molecule has 0 spiro atoms. The lowest BCUT2D eigenvalue weighted by molar-refractivity contribution is -0.359. The van der Waals surface area contributed by atoms with Crippen LogP contribution in [0.2, 0.25) is 0 Å². The van der Waals surface area contributed by atoms with Crippen LogP contribution in [0.5, 0.6) is 5.75 Å². The molecule has 1 atom stereocenters. The van der Waals surface area contributed by atoms with E-state index in [0.717, 1.165) is 5.56 Å². The normalized spacial score (nSPS) is 20.9. The van der Waals surface area contributed by atoms with E-state index < -0.39 is 30.1 Å². The van der Waals surface area contributed by atoms with Crippen LogP contribution in [0.4, 0.5) is 13.2 Å². The minimum absolute atomic E-state index is 0.188. The fourth-order valence-corrected chi connectivity index (χ4v) is 2.91. The molecule has 2 aromatic rings. The van der Waals surface area contributed by atoms with Crippen LogP contribution in [0.25, 0.3) is 0 Å². The van der Waals surface area contributed by atoms with Gasteiger partial charge >= 0.3 is 17.9 Å². The first kappa shape index (κ1) is 22.1. The largest absolute Gasteiger partial charge is 0.488 e. The molecule has 1 unspecified atom stereocenters. The minimum atomic E-state index is -4.74. The molecule has 0 radical (unpaired) electrons. The highest BCUT2D eigenvalue weighted by molar-refractivity contribution is 5.88. The Morgan fingerprint density at radius 3 is 2.53 bits per heavy atom. The van der Waals surface area contributed by atoms with Crippen molar-refractivity contribution in [2.75, 3.05) is 19.8 Å². The molecule has 10 heteroatoms. The third kappa shape index (κ3) is 4.93. The molecule has 30 heavy (non-hydrogen) atoms. The maximum Gasteiger partial charge on any atom is 0.447 e. The SMILES string of the molecule is CCOC(=O)c1cnn(Cc2ccc(OCC3(C(F)(F)F)OCC(C)(C)O3)cc2)c1. The molecule has 0 saturated carbocycles.